The highest BCUT2D eigenvalue weighted by molar-refractivity contribution is 7.90. The van der Waals surface area contributed by atoms with Crippen LogP contribution in [0.1, 0.15) is 0 Å². The van der Waals surface area contributed by atoms with Gasteiger partial charge >= 0.3 is 0 Å². The number of imidazole rings is 1. The molecule has 2 aromatic carbocycles. The van der Waals surface area contributed by atoms with Gasteiger partial charge in [0.05, 0.1) is 12.0 Å². The van der Waals surface area contributed by atoms with E-state index in [9.17, 15) is 8.42 Å². The maximum atomic E-state index is 12.6. The Bertz CT molecular complexity index is 855. The van der Waals surface area contributed by atoms with E-state index >= 15 is 0 Å². The van der Waals surface area contributed by atoms with Crippen LogP contribution in [0.5, 0.6) is 5.75 Å². The lowest BCUT2D eigenvalue weighted by atomic mass is 10.1. The van der Waals surface area contributed by atoms with Gasteiger partial charge in [0, 0.05) is 23.2 Å². The van der Waals surface area contributed by atoms with E-state index in [2.05, 4.69) is 4.98 Å². The molecule has 0 aliphatic carbocycles. The zero-order chi connectivity index (χ0) is 14.2. The van der Waals surface area contributed by atoms with Gasteiger partial charge in [0.2, 0.25) is 0 Å². The van der Waals surface area contributed by atoms with Gasteiger partial charge in [-0.2, -0.15) is 0 Å². The van der Waals surface area contributed by atoms with Crippen molar-refractivity contribution in [3.05, 3.63) is 55.1 Å². The number of ether oxygens (including phenoxy) is 1. The Balaban J connectivity index is 2.34. The molecule has 0 bridgehead atoms. The maximum Gasteiger partial charge on any atom is 0.269 e. The van der Waals surface area contributed by atoms with Crippen LogP contribution in [0.25, 0.3) is 10.8 Å². The number of benzene rings is 2. The van der Waals surface area contributed by atoms with E-state index in [0.29, 0.717) is 11.1 Å². The summed E-state index contributed by atoms with van der Waals surface area (Å²) in [6.45, 7) is 0. The molecule has 0 unspecified atom stereocenters. The molecule has 0 aliphatic heterocycles. The first-order valence-corrected chi connectivity index (χ1v) is 7.38. The number of methoxy groups -OCH3 is 1. The van der Waals surface area contributed by atoms with Gasteiger partial charge in [-0.1, -0.05) is 24.3 Å². The fourth-order valence-corrected chi connectivity index (χ4v) is 3.47. The van der Waals surface area contributed by atoms with Crippen molar-refractivity contribution in [3.63, 3.8) is 0 Å². The molecule has 0 N–H and O–H groups in total. The van der Waals surface area contributed by atoms with Crippen molar-refractivity contribution in [2.24, 2.45) is 0 Å². The molecule has 0 fully saturated rings. The standard InChI is InChI=1S/C14H12N2O3S/c1-19-13-6-7-14(12-5-3-2-4-11(12)13)20(17,18)16-9-8-15-10-16/h2-10H,1H3. The van der Waals surface area contributed by atoms with E-state index in [1.807, 2.05) is 12.1 Å². The Labute approximate surface area is 116 Å². The minimum atomic E-state index is -3.65. The Kier molecular flexibility index (Phi) is 2.94. The first-order chi connectivity index (χ1) is 9.64. The highest BCUT2D eigenvalue weighted by Gasteiger charge is 2.20. The predicted octanol–water partition coefficient (Wildman–Crippen LogP) is 2.28. The number of rotatable bonds is 3. The van der Waals surface area contributed by atoms with Crippen molar-refractivity contribution in [1.29, 1.82) is 0 Å². The summed E-state index contributed by atoms with van der Waals surface area (Å²) in [5.74, 6) is 0.644. The van der Waals surface area contributed by atoms with Crippen molar-refractivity contribution in [1.82, 2.24) is 8.96 Å². The molecule has 3 rings (SSSR count). The van der Waals surface area contributed by atoms with Gasteiger partial charge in [-0.15, -0.1) is 0 Å². The first kappa shape index (κ1) is 12.7. The maximum absolute atomic E-state index is 12.6. The molecular weight excluding hydrogens is 276 g/mol. The zero-order valence-corrected chi connectivity index (χ0v) is 11.5. The third-order valence-corrected chi connectivity index (χ3v) is 4.78. The predicted molar refractivity (Wildman–Crippen MR) is 75.3 cm³/mol. The van der Waals surface area contributed by atoms with Crippen LogP contribution in [0, 0.1) is 0 Å². The van der Waals surface area contributed by atoms with Gasteiger partial charge in [-0.25, -0.2) is 17.4 Å². The van der Waals surface area contributed by atoms with Gasteiger partial charge in [0.15, 0.2) is 0 Å². The van der Waals surface area contributed by atoms with Crippen molar-refractivity contribution in [2.45, 2.75) is 4.90 Å². The molecular formula is C14H12N2O3S. The lowest BCUT2D eigenvalue weighted by Gasteiger charge is -2.11. The SMILES string of the molecule is COc1ccc(S(=O)(=O)n2ccnc2)c2ccccc12. The lowest BCUT2D eigenvalue weighted by Crippen LogP contribution is -2.11. The summed E-state index contributed by atoms with van der Waals surface area (Å²) < 4.78 is 31.6. The van der Waals surface area contributed by atoms with Crippen LogP contribution in [0.2, 0.25) is 0 Å². The number of fused-ring (bicyclic) bond motifs is 1. The summed E-state index contributed by atoms with van der Waals surface area (Å²) in [6.07, 6.45) is 4.12. The van der Waals surface area contributed by atoms with Crippen LogP contribution in [0.3, 0.4) is 0 Å². The Morgan fingerprint density at radius 2 is 1.85 bits per heavy atom. The van der Waals surface area contributed by atoms with Crippen LogP contribution in [0.4, 0.5) is 0 Å². The van der Waals surface area contributed by atoms with E-state index in [1.54, 1.807) is 31.4 Å². The summed E-state index contributed by atoms with van der Waals surface area (Å²) in [7, 11) is -2.09. The monoisotopic (exact) mass is 288 g/mol. The molecule has 1 aromatic heterocycles. The van der Waals surface area contributed by atoms with E-state index in [0.717, 1.165) is 9.36 Å². The molecule has 0 saturated heterocycles. The van der Waals surface area contributed by atoms with Crippen molar-refractivity contribution < 1.29 is 13.2 Å². The first-order valence-electron chi connectivity index (χ1n) is 5.94. The van der Waals surface area contributed by atoms with Crippen LogP contribution in [-0.2, 0) is 10.0 Å². The van der Waals surface area contributed by atoms with Crippen LogP contribution >= 0.6 is 0 Å². The van der Waals surface area contributed by atoms with E-state index < -0.39 is 10.0 Å². The summed E-state index contributed by atoms with van der Waals surface area (Å²) in [4.78, 5) is 4.02. The lowest BCUT2D eigenvalue weighted by molar-refractivity contribution is 0.419. The van der Waals surface area contributed by atoms with E-state index in [-0.39, 0.29) is 4.90 Å². The molecule has 102 valence electrons. The molecule has 6 heteroatoms. The number of hydrogen-bond acceptors (Lipinski definition) is 4. The average molecular weight is 288 g/mol. The van der Waals surface area contributed by atoms with Crippen molar-refractivity contribution in [2.75, 3.05) is 7.11 Å². The third-order valence-electron chi connectivity index (χ3n) is 3.10. The summed E-state index contributed by atoms with van der Waals surface area (Å²) in [6, 6.07) is 10.5. The van der Waals surface area contributed by atoms with Crippen molar-refractivity contribution >= 4 is 20.8 Å². The number of aromatic nitrogens is 2. The molecule has 5 nitrogen and oxygen atoms in total. The van der Waals surface area contributed by atoms with Gasteiger partial charge in [-0.3, -0.25) is 0 Å². The molecule has 1 heterocycles. The highest BCUT2D eigenvalue weighted by atomic mass is 32.2. The topological polar surface area (TPSA) is 61.2 Å². The normalized spacial score (nSPS) is 11.7. The van der Waals surface area contributed by atoms with Gasteiger partial charge in [0.25, 0.3) is 10.0 Å². The smallest absolute Gasteiger partial charge is 0.269 e. The largest absolute Gasteiger partial charge is 0.496 e. The minimum absolute atomic E-state index is 0.229. The van der Waals surface area contributed by atoms with Crippen LogP contribution < -0.4 is 4.74 Å². The molecule has 0 saturated carbocycles. The van der Waals surface area contributed by atoms with Gasteiger partial charge in [-0.05, 0) is 12.1 Å². The Morgan fingerprint density at radius 1 is 1.10 bits per heavy atom. The molecule has 3 aromatic rings. The molecule has 20 heavy (non-hydrogen) atoms. The van der Waals surface area contributed by atoms with E-state index in [1.165, 1.54) is 18.7 Å². The Morgan fingerprint density at radius 3 is 2.50 bits per heavy atom. The number of hydrogen-bond donors (Lipinski definition) is 0. The second-order valence-electron chi connectivity index (χ2n) is 4.21. The van der Waals surface area contributed by atoms with Crippen LogP contribution in [0.15, 0.2) is 60.0 Å². The molecule has 0 aliphatic rings. The quantitative estimate of drug-likeness (QED) is 0.742. The van der Waals surface area contributed by atoms with Crippen molar-refractivity contribution in [3.8, 4) is 5.75 Å². The average Bonchev–Trinajstić information content (AvgIpc) is 3.01. The van der Waals surface area contributed by atoms with Gasteiger partial charge < -0.3 is 4.74 Å². The molecule has 0 spiro atoms. The minimum Gasteiger partial charge on any atom is -0.496 e. The summed E-state index contributed by atoms with van der Waals surface area (Å²) >= 11 is 0. The fraction of sp³-hybridized carbons (Fsp3) is 0.0714. The molecule has 0 radical (unpaired) electrons. The third kappa shape index (κ3) is 1.85. The second kappa shape index (κ2) is 4.64. The summed E-state index contributed by atoms with van der Waals surface area (Å²) in [5, 5.41) is 1.39. The Hall–Kier alpha value is -2.34. The molecule has 0 atom stereocenters. The highest BCUT2D eigenvalue weighted by Crippen LogP contribution is 2.31. The fourth-order valence-electron chi connectivity index (χ4n) is 2.15. The molecule has 0 amide bonds. The van der Waals surface area contributed by atoms with E-state index in [4.69, 9.17) is 4.74 Å². The second-order valence-corrected chi connectivity index (χ2v) is 6.02. The summed E-state index contributed by atoms with van der Waals surface area (Å²) in [5.41, 5.74) is 0. The zero-order valence-electron chi connectivity index (χ0n) is 10.7. The van der Waals surface area contributed by atoms with Gasteiger partial charge in [0.1, 0.15) is 12.1 Å². The number of nitrogens with zero attached hydrogens (tertiary/aromatic N) is 2. The van der Waals surface area contributed by atoms with Crippen LogP contribution in [-0.4, -0.2) is 24.5 Å².